The summed E-state index contributed by atoms with van der Waals surface area (Å²) in [5.74, 6) is 0.115. The molecule has 1 aliphatic rings. The van der Waals surface area contributed by atoms with E-state index in [1.807, 2.05) is 30.9 Å². The third kappa shape index (κ3) is 3.81. The fraction of sp³-hybridized carbons (Fsp3) is 0.600. The van der Waals surface area contributed by atoms with E-state index >= 15 is 0 Å². The molecule has 1 atom stereocenters. The Morgan fingerprint density at radius 1 is 1.35 bits per heavy atom. The minimum Gasteiger partial charge on any atom is -0.392 e. The van der Waals surface area contributed by atoms with Gasteiger partial charge in [-0.15, -0.1) is 0 Å². The number of aliphatic hydroxyl groups excluding tert-OH is 1. The SMILES string of the molecule is Cc1ccc(C)c(S(=O)(=O)CCN2CCC[C@@H](O)C2)c1. The molecule has 1 aromatic carbocycles. The molecule has 0 amide bonds. The molecule has 0 aromatic heterocycles. The number of aliphatic hydroxyl groups is 1. The molecular weight excluding hydrogens is 274 g/mol. The van der Waals surface area contributed by atoms with E-state index < -0.39 is 9.84 Å². The summed E-state index contributed by atoms with van der Waals surface area (Å²) in [6, 6.07) is 5.53. The third-order valence-corrected chi connectivity index (χ3v) is 5.67. The van der Waals surface area contributed by atoms with Crippen molar-refractivity contribution >= 4 is 9.84 Å². The summed E-state index contributed by atoms with van der Waals surface area (Å²) in [6.45, 7) is 5.69. The number of benzene rings is 1. The first-order valence-electron chi connectivity index (χ1n) is 7.09. The van der Waals surface area contributed by atoms with Gasteiger partial charge in [-0.3, -0.25) is 4.90 Å². The number of sulfone groups is 1. The second-order valence-corrected chi connectivity index (χ2v) is 7.76. The minimum absolute atomic E-state index is 0.115. The Bertz CT molecular complexity index is 568. The number of β-amino-alcohol motifs (C(OH)–C–C–N with tert-alkyl or cyclic N) is 1. The van der Waals surface area contributed by atoms with Gasteiger partial charge in [0.2, 0.25) is 0 Å². The zero-order valence-electron chi connectivity index (χ0n) is 12.2. The summed E-state index contributed by atoms with van der Waals surface area (Å²) in [4.78, 5) is 2.48. The highest BCUT2D eigenvalue weighted by atomic mass is 32.2. The lowest BCUT2D eigenvalue weighted by Gasteiger charge is -2.29. The van der Waals surface area contributed by atoms with Gasteiger partial charge in [0, 0.05) is 13.1 Å². The van der Waals surface area contributed by atoms with E-state index in [-0.39, 0.29) is 11.9 Å². The predicted molar refractivity (Wildman–Crippen MR) is 79.6 cm³/mol. The van der Waals surface area contributed by atoms with Crippen LogP contribution in [0, 0.1) is 13.8 Å². The molecule has 0 aliphatic carbocycles. The molecular formula is C15H23NO3S. The molecule has 2 rings (SSSR count). The standard InChI is InChI=1S/C15H23NO3S/c1-12-5-6-13(2)15(10-12)20(18,19)9-8-16-7-3-4-14(17)11-16/h5-6,10,14,17H,3-4,7-9,11H2,1-2H3/t14-/m1/s1. The van der Waals surface area contributed by atoms with Crippen LogP contribution in [0.25, 0.3) is 0 Å². The lowest BCUT2D eigenvalue weighted by molar-refractivity contribution is 0.0741. The number of likely N-dealkylation sites (tertiary alicyclic amines) is 1. The van der Waals surface area contributed by atoms with Crippen LogP contribution in [0.15, 0.2) is 23.1 Å². The number of piperidine rings is 1. The van der Waals surface area contributed by atoms with Crippen molar-refractivity contribution in [3.05, 3.63) is 29.3 Å². The van der Waals surface area contributed by atoms with E-state index in [1.54, 1.807) is 6.07 Å². The Kier molecular flexibility index (Phi) is 4.83. The van der Waals surface area contributed by atoms with Gasteiger partial charge in [0.25, 0.3) is 0 Å². The first-order valence-corrected chi connectivity index (χ1v) is 8.74. The Hall–Kier alpha value is -0.910. The molecule has 0 saturated carbocycles. The van der Waals surface area contributed by atoms with Crippen LogP contribution in [0.1, 0.15) is 24.0 Å². The summed E-state index contributed by atoms with van der Waals surface area (Å²) in [5, 5.41) is 9.62. The summed E-state index contributed by atoms with van der Waals surface area (Å²) in [6.07, 6.45) is 1.44. The maximum atomic E-state index is 12.4. The molecule has 1 N–H and O–H groups in total. The molecule has 1 saturated heterocycles. The third-order valence-electron chi connectivity index (χ3n) is 3.84. The van der Waals surface area contributed by atoms with Gasteiger partial charge in [0.1, 0.15) is 0 Å². The van der Waals surface area contributed by atoms with Crippen molar-refractivity contribution in [2.24, 2.45) is 0 Å². The predicted octanol–water partition coefficient (Wildman–Crippen LogP) is 1.53. The van der Waals surface area contributed by atoms with Gasteiger partial charge in [-0.1, -0.05) is 12.1 Å². The lowest BCUT2D eigenvalue weighted by Crippen LogP contribution is -2.40. The van der Waals surface area contributed by atoms with Crippen molar-refractivity contribution in [1.29, 1.82) is 0 Å². The molecule has 0 radical (unpaired) electrons. The van der Waals surface area contributed by atoms with Crippen LogP contribution in [0.4, 0.5) is 0 Å². The molecule has 1 aromatic rings. The molecule has 20 heavy (non-hydrogen) atoms. The smallest absolute Gasteiger partial charge is 0.179 e. The highest BCUT2D eigenvalue weighted by Gasteiger charge is 2.22. The summed E-state index contributed by atoms with van der Waals surface area (Å²) < 4.78 is 24.9. The number of nitrogens with zero attached hydrogens (tertiary/aromatic N) is 1. The molecule has 112 valence electrons. The van der Waals surface area contributed by atoms with E-state index in [0.29, 0.717) is 18.0 Å². The van der Waals surface area contributed by atoms with Crippen molar-refractivity contribution in [3.63, 3.8) is 0 Å². The molecule has 1 fully saturated rings. The summed E-state index contributed by atoms with van der Waals surface area (Å²) in [7, 11) is -3.25. The average molecular weight is 297 g/mol. The first kappa shape index (κ1) is 15.5. The Labute approximate surface area is 121 Å². The van der Waals surface area contributed by atoms with Crippen LogP contribution < -0.4 is 0 Å². The number of hydrogen-bond donors (Lipinski definition) is 1. The van der Waals surface area contributed by atoms with Crippen LogP contribution in [0.3, 0.4) is 0 Å². The Balaban J connectivity index is 2.05. The van der Waals surface area contributed by atoms with Crippen LogP contribution in [0.5, 0.6) is 0 Å². The van der Waals surface area contributed by atoms with Crippen molar-refractivity contribution < 1.29 is 13.5 Å². The topological polar surface area (TPSA) is 57.6 Å². The highest BCUT2D eigenvalue weighted by molar-refractivity contribution is 7.91. The van der Waals surface area contributed by atoms with Gasteiger partial charge in [-0.25, -0.2) is 8.42 Å². The average Bonchev–Trinajstić information content (AvgIpc) is 2.39. The van der Waals surface area contributed by atoms with Crippen LogP contribution in [-0.4, -0.2) is 49.9 Å². The van der Waals surface area contributed by atoms with E-state index in [1.165, 1.54) is 0 Å². The van der Waals surface area contributed by atoms with Crippen molar-refractivity contribution in [1.82, 2.24) is 4.90 Å². The molecule has 1 aliphatic heterocycles. The number of hydrogen-bond acceptors (Lipinski definition) is 4. The second kappa shape index (κ2) is 6.24. The monoisotopic (exact) mass is 297 g/mol. The zero-order chi connectivity index (χ0) is 14.8. The van der Waals surface area contributed by atoms with Gasteiger partial charge in [0.15, 0.2) is 9.84 Å². The molecule has 4 nitrogen and oxygen atoms in total. The van der Waals surface area contributed by atoms with E-state index in [9.17, 15) is 13.5 Å². The van der Waals surface area contributed by atoms with Crippen molar-refractivity contribution in [2.75, 3.05) is 25.4 Å². The van der Waals surface area contributed by atoms with Gasteiger partial charge in [0.05, 0.1) is 16.8 Å². The Morgan fingerprint density at radius 2 is 2.10 bits per heavy atom. The van der Waals surface area contributed by atoms with Crippen LogP contribution >= 0.6 is 0 Å². The lowest BCUT2D eigenvalue weighted by atomic mass is 10.1. The maximum Gasteiger partial charge on any atom is 0.179 e. The first-order chi connectivity index (χ1) is 9.38. The Morgan fingerprint density at radius 3 is 2.80 bits per heavy atom. The largest absolute Gasteiger partial charge is 0.392 e. The number of rotatable bonds is 4. The van der Waals surface area contributed by atoms with Crippen molar-refractivity contribution in [3.8, 4) is 0 Å². The fourth-order valence-corrected chi connectivity index (χ4v) is 4.28. The van der Waals surface area contributed by atoms with E-state index in [0.717, 1.165) is 30.5 Å². The van der Waals surface area contributed by atoms with Gasteiger partial charge in [-0.2, -0.15) is 0 Å². The van der Waals surface area contributed by atoms with Gasteiger partial charge in [-0.05, 0) is 50.4 Å². The summed E-state index contributed by atoms with van der Waals surface area (Å²) >= 11 is 0. The molecule has 5 heteroatoms. The minimum atomic E-state index is -3.25. The van der Waals surface area contributed by atoms with Crippen LogP contribution in [-0.2, 0) is 9.84 Å². The second-order valence-electron chi connectivity index (χ2n) is 5.68. The highest BCUT2D eigenvalue weighted by Crippen LogP contribution is 2.19. The number of aryl methyl sites for hydroxylation is 2. The van der Waals surface area contributed by atoms with E-state index in [4.69, 9.17) is 0 Å². The maximum absolute atomic E-state index is 12.4. The molecule has 0 spiro atoms. The molecule has 0 bridgehead atoms. The normalized spacial score (nSPS) is 21.1. The quantitative estimate of drug-likeness (QED) is 0.916. The van der Waals surface area contributed by atoms with E-state index in [2.05, 4.69) is 0 Å². The molecule has 0 unspecified atom stereocenters. The van der Waals surface area contributed by atoms with Crippen LogP contribution in [0.2, 0.25) is 0 Å². The zero-order valence-corrected chi connectivity index (χ0v) is 13.0. The molecule has 1 heterocycles. The van der Waals surface area contributed by atoms with Gasteiger partial charge < -0.3 is 5.11 Å². The van der Waals surface area contributed by atoms with Crippen molar-refractivity contribution in [2.45, 2.75) is 37.7 Å². The van der Waals surface area contributed by atoms with Gasteiger partial charge >= 0.3 is 0 Å². The fourth-order valence-electron chi connectivity index (χ4n) is 2.64. The summed E-state index contributed by atoms with van der Waals surface area (Å²) in [5.41, 5.74) is 1.76.